The highest BCUT2D eigenvalue weighted by Crippen LogP contribution is 2.65. The van der Waals surface area contributed by atoms with E-state index in [1.54, 1.807) is 11.9 Å². The zero-order valence-corrected chi connectivity index (χ0v) is 47.9. The summed E-state index contributed by atoms with van der Waals surface area (Å²) in [5.74, 6) is -0.643. The SMILES string of the molecule is CC[N+]1=c2cc3c(cc2CCC1)=C(c1ccccc1C(=O)N(C)CCCC(=O)NCCCCCCNc1nc2c(=O)[nH]c(N)nc2n1[C@@H]1O[C@H](COP(=O)(O)OP(=O)(O)OP(=O)([O-])O)[C@@H](O)[C@H]1O)c1ccc(N(C)C)cc1C3(C)C. The molecule has 2 amide bonds. The van der Waals surface area contributed by atoms with Crippen molar-refractivity contribution < 1.29 is 71.0 Å². The van der Waals surface area contributed by atoms with Gasteiger partial charge in [0.25, 0.3) is 19.3 Å². The third-order valence-corrected chi connectivity index (χ3v) is 18.4. The number of rotatable bonds is 24. The second-order valence-electron chi connectivity index (χ2n) is 20.7. The van der Waals surface area contributed by atoms with Crippen molar-refractivity contribution in [1.82, 2.24) is 34.3 Å². The van der Waals surface area contributed by atoms with Gasteiger partial charge in [-0.2, -0.15) is 9.29 Å². The average molecular weight is 1170 g/mol. The van der Waals surface area contributed by atoms with Crippen LogP contribution in [0.4, 0.5) is 17.6 Å². The van der Waals surface area contributed by atoms with E-state index < -0.39 is 60.2 Å². The molecule has 0 bridgehead atoms. The second-order valence-corrected chi connectivity index (χ2v) is 25.1. The number of nitrogens with zero attached hydrogens (tertiary/aromatic N) is 6. The monoisotopic (exact) mass is 1170 g/mol. The number of amides is 2. The summed E-state index contributed by atoms with van der Waals surface area (Å²) in [4.78, 5) is 93.6. The molecule has 0 spiro atoms. The van der Waals surface area contributed by atoms with Crippen LogP contribution in [0.3, 0.4) is 0 Å². The Bertz CT molecular complexity index is 3510. The standard InChI is InChI=1S/C51H69N10O16P3/c1-7-60-25-14-16-30-26-35-37(28-38(30)60)51(2,3)36-27-31(58(4)5)20-21-34(36)41(35)32-17-10-11-18-33(32)47(66)59(6)24-15-19-40(62)53-22-12-8-9-13-23-54-50-55-42-45(56-49(52)57-46(42)65)61(50)48-44(64)43(63)39(75-48)29-74-79(70,71)77-80(72,73)76-78(67,68)69/h10-11,17-18,20-21,26-28,39,43-44,48,63-64H,7-9,12-16,19,22-25,29H2,1-6H3,(H8,52,53,57,62,65,66,67,68,69,70,71,72,73)/t39-,43-,44-,48-/m1/s1. The molecule has 0 radical (unpaired) electrons. The lowest BCUT2D eigenvalue weighted by Gasteiger charge is -2.36. The summed E-state index contributed by atoms with van der Waals surface area (Å²) in [6.45, 7) is 8.70. The quantitative estimate of drug-likeness (QED) is 0.0243. The number of benzene rings is 3. The molecule has 1 aliphatic carbocycles. The third kappa shape index (κ3) is 13.5. The van der Waals surface area contributed by atoms with E-state index in [0.29, 0.717) is 44.3 Å². The minimum atomic E-state index is -5.91. The van der Waals surface area contributed by atoms with Crippen molar-refractivity contribution in [2.75, 3.05) is 76.4 Å². The Balaban J connectivity index is 0.837. The Hall–Kier alpha value is -5.69. The number of nitrogens with one attached hydrogen (secondary N) is 3. The van der Waals surface area contributed by atoms with Gasteiger partial charge in [-0.15, -0.1) is 0 Å². The Morgan fingerprint density at radius 3 is 2.38 bits per heavy atom. The Morgan fingerprint density at radius 2 is 1.66 bits per heavy atom. The zero-order valence-electron chi connectivity index (χ0n) is 45.2. The lowest BCUT2D eigenvalue weighted by atomic mass is 9.68. The number of nitrogen functional groups attached to an aromatic ring is 1. The van der Waals surface area contributed by atoms with E-state index in [9.17, 15) is 53.0 Å². The molecule has 29 heteroatoms. The van der Waals surface area contributed by atoms with Gasteiger partial charge in [-0.3, -0.25) is 33.0 Å². The predicted molar refractivity (Wildman–Crippen MR) is 294 cm³/mol. The summed E-state index contributed by atoms with van der Waals surface area (Å²) in [5, 5.41) is 30.3. The molecule has 434 valence electrons. The van der Waals surface area contributed by atoms with Gasteiger partial charge in [0.15, 0.2) is 17.4 Å². The summed E-state index contributed by atoms with van der Waals surface area (Å²) < 4.78 is 56.0. The van der Waals surface area contributed by atoms with Crippen molar-refractivity contribution in [3.8, 4) is 0 Å². The van der Waals surface area contributed by atoms with E-state index in [0.717, 1.165) is 64.5 Å². The molecule has 10 N–H and O–H groups in total. The molecule has 80 heavy (non-hydrogen) atoms. The summed E-state index contributed by atoms with van der Waals surface area (Å²) in [6, 6.07) is 19.2. The average Bonchev–Trinajstić information content (AvgIpc) is 4.04. The Kier molecular flexibility index (Phi) is 18.4. The first kappa shape index (κ1) is 60.4. The van der Waals surface area contributed by atoms with Crippen molar-refractivity contribution in [2.24, 2.45) is 0 Å². The number of aliphatic hydroxyl groups is 2. The molecule has 8 rings (SSSR count). The number of H-pyrrole nitrogens is 1. The topological polar surface area (TPSA) is 370 Å². The molecule has 26 nitrogen and oxygen atoms in total. The summed E-state index contributed by atoms with van der Waals surface area (Å²) in [7, 11) is -11.6. The van der Waals surface area contributed by atoms with Crippen molar-refractivity contribution >= 4 is 69.6 Å². The van der Waals surface area contributed by atoms with Gasteiger partial charge in [0, 0.05) is 81.9 Å². The van der Waals surface area contributed by atoms with Crippen molar-refractivity contribution in [3.63, 3.8) is 0 Å². The van der Waals surface area contributed by atoms with E-state index in [4.69, 9.17) is 15.4 Å². The first-order valence-corrected chi connectivity index (χ1v) is 30.7. The number of anilines is 3. The Labute approximate surface area is 460 Å². The fraction of sp³-hybridized carbons (Fsp3) is 0.490. The van der Waals surface area contributed by atoms with Crippen LogP contribution in [-0.2, 0) is 48.2 Å². The number of aromatic nitrogens is 4. The van der Waals surface area contributed by atoms with Crippen molar-refractivity contribution in [1.29, 1.82) is 0 Å². The fourth-order valence-electron chi connectivity index (χ4n) is 10.6. The maximum absolute atomic E-state index is 14.5. The summed E-state index contributed by atoms with van der Waals surface area (Å²) in [5.41, 5.74) is 12.8. The fourth-order valence-corrected chi connectivity index (χ4v) is 13.6. The smallest absolute Gasteiger partial charge is 0.487 e. The number of carbonyl (C=O) groups is 2. The van der Waals surface area contributed by atoms with Crippen LogP contribution in [0.2, 0.25) is 0 Å². The minimum absolute atomic E-state index is 0.0462. The molecule has 3 aromatic carbocycles. The van der Waals surface area contributed by atoms with Crippen molar-refractivity contribution in [3.05, 3.63) is 109 Å². The number of ether oxygens (including phenoxy) is 1. The highest BCUT2D eigenvalue weighted by atomic mass is 31.3. The number of aryl methyl sites for hydroxylation is 1. The molecule has 5 aromatic rings. The molecular formula is C51H69N10O16P3. The number of nitrogens with two attached hydrogens (primary N) is 1. The molecular weight excluding hydrogens is 1100 g/mol. The van der Waals surface area contributed by atoms with Crippen molar-refractivity contribution in [2.45, 2.75) is 102 Å². The van der Waals surface area contributed by atoms with Crippen LogP contribution in [0.5, 0.6) is 0 Å². The molecule has 4 heterocycles. The first-order chi connectivity index (χ1) is 37.7. The van der Waals surface area contributed by atoms with Crippen LogP contribution in [0.15, 0.2) is 59.4 Å². The van der Waals surface area contributed by atoms with Gasteiger partial charge in [-0.1, -0.05) is 51.0 Å². The number of aromatic amines is 1. The minimum Gasteiger partial charge on any atom is -0.756 e. The highest BCUT2D eigenvalue weighted by molar-refractivity contribution is 7.66. The number of fused-ring (bicyclic) bond motifs is 4. The number of hydrogen-bond donors (Lipinski definition) is 9. The molecule has 3 aliphatic rings. The normalized spacial score (nSPS) is 20.7. The highest BCUT2D eigenvalue weighted by Gasteiger charge is 2.48. The number of phosphoric acid groups is 3. The summed E-state index contributed by atoms with van der Waals surface area (Å²) >= 11 is 0. The number of aliphatic hydroxyl groups excluding tert-OH is 2. The third-order valence-electron chi connectivity index (χ3n) is 14.6. The van der Waals surface area contributed by atoms with E-state index in [1.807, 2.05) is 38.4 Å². The molecule has 1 saturated heterocycles. The van der Waals surface area contributed by atoms with E-state index in [-0.39, 0.29) is 53.3 Å². The van der Waals surface area contributed by atoms with Gasteiger partial charge in [0.1, 0.15) is 31.4 Å². The lowest BCUT2D eigenvalue weighted by molar-refractivity contribution is -0.212. The van der Waals surface area contributed by atoms with Gasteiger partial charge < -0.3 is 60.7 Å². The maximum atomic E-state index is 14.5. The molecule has 0 saturated carbocycles. The first-order valence-electron chi connectivity index (χ1n) is 26.2. The van der Waals surface area contributed by atoms with E-state index in [2.05, 4.69) is 99.3 Å². The largest absolute Gasteiger partial charge is 0.756 e. The van der Waals surface area contributed by atoms with Gasteiger partial charge >= 0.3 is 15.6 Å². The lowest BCUT2D eigenvalue weighted by Crippen LogP contribution is -2.43. The zero-order chi connectivity index (χ0) is 58.1. The molecule has 3 unspecified atom stereocenters. The number of carbonyl (C=O) groups excluding carboxylic acids is 2. The molecule has 2 aromatic heterocycles. The molecule has 1 fully saturated rings. The number of hydrogen-bond acceptors (Lipinski definition) is 18. The van der Waals surface area contributed by atoms with Gasteiger partial charge in [0.05, 0.1) is 6.61 Å². The molecule has 7 atom stereocenters. The van der Waals surface area contributed by atoms with Gasteiger partial charge in [-0.05, 0) is 89.9 Å². The van der Waals surface area contributed by atoms with Crippen LogP contribution < -0.4 is 46.9 Å². The van der Waals surface area contributed by atoms with Crippen LogP contribution in [0, 0.1) is 0 Å². The van der Waals surface area contributed by atoms with Crippen LogP contribution in [0.25, 0.3) is 16.7 Å². The number of unbranched alkanes of at least 4 members (excludes halogenated alkanes) is 3. The van der Waals surface area contributed by atoms with Crippen LogP contribution in [-0.4, -0.2) is 140 Å². The summed E-state index contributed by atoms with van der Waals surface area (Å²) in [6.07, 6.45) is -1.55. The maximum Gasteiger partial charge on any atom is 0.487 e. The van der Waals surface area contributed by atoms with Gasteiger partial charge in [0.2, 0.25) is 23.2 Å². The number of phosphoric ester groups is 1. The van der Waals surface area contributed by atoms with E-state index in [1.165, 1.54) is 22.0 Å². The second kappa shape index (κ2) is 24.4. The van der Waals surface area contributed by atoms with Gasteiger partial charge in [-0.25, -0.2) is 23.0 Å². The number of imidazole rings is 1. The Morgan fingerprint density at radius 1 is 0.938 bits per heavy atom. The molecule has 2 aliphatic heterocycles. The van der Waals surface area contributed by atoms with E-state index >= 15 is 0 Å². The van der Waals surface area contributed by atoms with Crippen LogP contribution >= 0.6 is 23.5 Å². The predicted octanol–water partition coefficient (Wildman–Crippen LogP) is 2.08. The van der Waals surface area contributed by atoms with Crippen LogP contribution in [0.1, 0.15) is 110 Å².